The van der Waals surface area contributed by atoms with Crippen LogP contribution in [0.1, 0.15) is 5.56 Å². The highest BCUT2D eigenvalue weighted by Gasteiger charge is 2.02. The van der Waals surface area contributed by atoms with Gasteiger partial charge < -0.3 is 10.6 Å². The van der Waals surface area contributed by atoms with Gasteiger partial charge in [0.1, 0.15) is 5.82 Å². The van der Waals surface area contributed by atoms with Gasteiger partial charge in [-0.3, -0.25) is 9.78 Å². The first-order valence-electron chi connectivity index (χ1n) is 6.24. The summed E-state index contributed by atoms with van der Waals surface area (Å²) in [6.45, 7) is 1.69. The second kappa shape index (κ2) is 6.76. The normalized spacial score (nSPS) is 10.5. The van der Waals surface area contributed by atoms with Gasteiger partial charge in [0.25, 0.3) is 5.56 Å². The summed E-state index contributed by atoms with van der Waals surface area (Å²) in [6.07, 6.45) is 4.20. The van der Waals surface area contributed by atoms with Crippen LogP contribution in [-0.4, -0.2) is 34.9 Å². The van der Waals surface area contributed by atoms with E-state index in [9.17, 15) is 9.18 Å². The molecule has 0 saturated heterocycles. The summed E-state index contributed by atoms with van der Waals surface area (Å²) in [7, 11) is 1.85. The molecule has 2 heterocycles. The molecule has 2 aromatic rings. The molecule has 0 aliphatic carbocycles. The zero-order valence-electron chi connectivity index (χ0n) is 11.1. The van der Waals surface area contributed by atoms with Gasteiger partial charge in [-0.1, -0.05) is 0 Å². The molecule has 0 spiro atoms. The van der Waals surface area contributed by atoms with Gasteiger partial charge in [0.15, 0.2) is 0 Å². The molecule has 0 atom stereocenters. The Bertz CT molecular complexity index is 628. The minimum absolute atomic E-state index is 0.195. The molecule has 0 aliphatic heterocycles. The molecule has 20 heavy (non-hydrogen) atoms. The molecule has 0 aliphatic rings. The summed E-state index contributed by atoms with van der Waals surface area (Å²) in [5.74, 6) is -0.430. The van der Waals surface area contributed by atoms with Gasteiger partial charge in [-0.25, -0.2) is 9.07 Å². The molecule has 106 valence electrons. The van der Waals surface area contributed by atoms with Crippen molar-refractivity contribution in [2.24, 2.45) is 0 Å². The Morgan fingerprint density at radius 2 is 2.10 bits per heavy atom. The molecule has 0 aromatic carbocycles. The van der Waals surface area contributed by atoms with Crippen LogP contribution in [-0.2, 0) is 6.54 Å². The van der Waals surface area contributed by atoms with Crippen molar-refractivity contribution in [3.05, 3.63) is 52.5 Å². The third-order valence-electron chi connectivity index (χ3n) is 2.67. The monoisotopic (exact) mass is 277 g/mol. The van der Waals surface area contributed by atoms with Crippen LogP contribution >= 0.6 is 0 Å². The Labute approximate surface area is 115 Å². The van der Waals surface area contributed by atoms with Gasteiger partial charge in [-0.15, -0.1) is 0 Å². The number of halogens is 1. The van der Waals surface area contributed by atoms with Crippen molar-refractivity contribution in [1.29, 1.82) is 0 Å². The first kappa shape index (κ1) is 14.1. The van der Waals surface area contributed by atoms with E-state index in [1.165, 1.54) is 23.0 Å². The van der Waals surface area contributed by atoms with E-state index in [4.69, 9.17) is 0 Å². The van der Waals surface area contributed by atoms with Crippen molar-refractivity contribution in [3.63, 3.8) is 0 Å². The highest BCUT2D eigenvalue weighted by atomic mass is 19.1. The lowest BCUT2D eigenvalue weighted by molar-refractivity contribution is 0.603. The maximum absolute atomic E-state index is 13.0. The lowest BCUT2D eigenvalue weighted by Gasteiger charge is -2.08. The van der Waals surface area contributed by atoms with Crippen molar-refractivity contribution in [2.75, 3.05) is 25.5 Å². The molecular weight excluding hydrogens is 261 g/mol. The number of nitrogens with zero attached hydrogens (tertiary/aromatic N) is 3. The molecule has 0 bridgehead atoms. The van der Waals surface area contributed by atoms with E-state index in [1.807, 2.05) is 7.05 Å². The second-order valence-electron chi connectivity index (χ2n) is 4.28. The summed E-state index contributed by atoms with van der Waals surface area (Å²) in [4.78, 5) is 15.6. The Kier molecular flexibility index (Phi) is 4.78. The lowest BCUT2D eigenvalue weighted by Crippen LogP contribution is -2.24. The molecular formula is C13H16FN5O. The SMILES string of the molecule is CNCCNc1cnn(Cc2cncc(F)c2)c(=O)c1. The predicted octanol–water partition coefficient (Wildman–Crippen LogP) is 0.457. The van der Waals surface area contributed by atoms with Crippen LogP contribution in [0.5, 0.6) is 0 Å². The highest BCUT2D eigenvalue weighted by molar-refractivity contribution is 5.38. The van der Waals surface area contributed by atoms with E-state index >= 15 is 0 Å². The zero-order chi connectivity index (χ0) is 14.4. The smallest absolute Gasteiger partial charge is 0.269 e. The molecule has 2 aromatic heterocycles. The average Bonchev–Trinajstić information content (AvgIpc) is 2.42. The molecule has 0 unspecified atom stereocenters. The Hall–Kier alpha value is -2.28. The minimum Gasteiger partial charge on any atom is -0.382 e. The number of rotatable bonds is 6. The van der Waals surface area contributed by atoms with Crippen LogP contribution in [0.4, 0.5) is 10.1 Å². The molecule has 0 saturated carbocycles. The van der Waals surface area contributed by atoms with Crippen LogP contribution in [0.2, 0.25) is 0 Å². The standard InChI is InChI=1S/C13H16FN5O/c1-15-2-3-17-12-5-13(20)19(18-8-12)9-10-4-11(14)7-16-6-10/h4-8,15,17H,2-3,9H2,1H3. The number of anilines is 1. The first-order chi connectivity index (χ1) is 9.69. The summed E-state index contributed by atoms with van der Waals surface area (Å²) in [6, 6.07) is 2.80. The largest absolute Gasteiger partial charge is 0.382 e. The fourth-order valence-corrected chi connectivity index (χ4v) is 1.70. The quantitative estimate of drug-likeness (QED) is 0.750. The zero-order valence-corrected chi connectivity index (χ0v) is 11.1. The van der Waals surface area contributed by atoms with Crippen LogP contribution in [0.15, 0.2) is 35.5 Å². The van der Waals surface area contributed by atoms with E-state index in [2.05, 4.69) is 20.7 Å². The fourth-order valence-electron chi connectivity index (χ4n) is 1.70. The van der Waals surface area contributed by atoms with Crippen LogP contribution in [0.25, 0.3) is 0 Å². The summed E-state index contributed by atoms with van der Waals surface area (Å²) in [5.41, 5.74) is 1.01. The van der Waals surface area contributed by atoms with Gasteiger partial charge in [0.05, 0.1) is 24.6 Å². The maximum Gasteiger partial charge on any atom is 0.269 e. The van der Waals surface area contributed by atoms with Crippen LogP contribution in [0.3, 0.4) is 0 Å². The van der Waals surface area contributed by atoms with Crippen LogP contribution < -0.4 is 16.2 Å². The number of hydrogen-bond donors (Lipinski definition) is 2. The van der Waals surface area contributed by atoms with Gasteiger partial charge in [-0.05, 0) is 18.7 Å². The molecule has 0 amide bonds. The topological polar surface area (TPSA) is 71.8 Å². The minimum atomic E-state index is -0.430. The third kappa shape index (κ3) is 3.86. The molecule has 0 fully saturated rings. The Morgan fingerprint density at radius 3 is 2.80 bits per heavy atom. The molecule has 7 heteroatoms. The van der Waals surface area contributed by atoms with Crippen LogP contribution in [0, 0.1) is 5.82 Å². The number of pyridine rings is 1. The number of likely N-dealkylation sites (N-methyl/N-ethyl adjacent to an activating group) is 1. The average molecular weight is 277 g/mol. The molecule has 6 nitrogen and oxygen atoms in total. The van der Waals surface area contributed by atoms with Crippen molar-refractivity contribution in [3.8, 4) is 0 Å². The van der Waals surface area contributed by atoms with E-state index in [0.29, 0.717) is 17.8 Å². The Balaban J connectivity index is 2.08. The number of hydrogen-bond acceptors (Lipinski definition) is 5. The lowest BCUT2D eigenvalue weighted by atomic mass is 10.3. The predicted molar refractivity (Wildman–Crippen MR) is 74.2 cm³/mol. The van der Waals surface area contributed by atoms with Crippen molar-refractivity contribution >= 4 is 5.69 Å². The summed E-state index contributed by atoms with van der Waals surface area (Å²) < 4.78 is 14.3. The summed E-state index contributed by atoms with van der Waals surface area (Å²) in [5, 5.41) is 10.1. The van der Waals surface area contributed by atoms with Gasteiger partial charge in [0.2, 0.25) is 0 Å². The third-order valence-corrected chi connectivity index (χ3v) is 2.67. The van der Waals surface area contributed by atoms with E-state index in [-0.39, 0.29) is 12.1 Å². The van der Waals surface area contributed by atoms with Crippen molar-refractivity contribution in [1.82, 2.24) is 20.1 Å². The maximum atomic E-state index is 13.0. The van der Waals surface area contributed by atoms with Gasteiger partial charge >= 0.3 is 0 Å². The fraction of sp³-hybridized carbons (Fsp3) is 0.308. The Morgan fingerprint density at radius 1 is 1.25 bits per heavy atom. The van der Waals surface area contributed by atoms with E-state index in [1.54, 1.807) is 6.20 Å². The van der Waals surface area contributed by atoms with Crippen molar-refractivity contribution < 1.29 is 4.39 Å². The van der Waals surface area contributed by atoms with Crippen molar-refractivity contribution in [2.45, 2.75) is 6.54 Å². The van der Waals surface area contributed by atoms with E-state index in [0.717, 1.165) is 12.7 Å². The first-order valence-corrected chi connectivity index (χ1v) is 6.24. The molecule has 2 N–H and O–H groups in total. The number of aromatic nitrogens is 3. The van der Waals surface area contributed by atoms with E-state index < -0.39 is 5.82 Å². The van der Waals surface area contributed by atoms with Gasteiger partial charge in [-0.2, -0.15) is 5.10 Å². The highest BCUT2D eigenvalue weighted by Crippen LogP contribution is 2.03. The molecule has 2 rings (SSSR count). The summed E-state index contributed by atoms with van der Waals surface area (Å²) >= 11 is 0. The molecule has 0 radical (unpaired) electrons. The second-order valence-corrected chi connectivity index (χ2v) is 4.28. The number of nitrogens with one attached hydrogen (secondary N) is 2. The van der Waals surface area contributed by atoms with Gasteiger partial charge in [0, 0.05) is 25.4 Å².